The highest BCUT2D eigenvalue weighted by Gasteiger charge is 2.10. The minimum atomic E-state index is -0.493. The zero-order valence-electron chi connectivity index (χ0n) is 12.5. The normalized spacial score (nSPS) is 10.4. The van der Waals surface area contributed by atoms with Crippen molar-refractivity contribution in [3.05, 3.63) is 82.6 Å². The molecule has 0 saturated heterocycles. The fourth-order valence-corrected chi connectivity index (χ4v) is 2.62. The van der Waals surface area contributed by atoms with E-state index < -0.39 is 5.82 Å². The molecule has 0 heterocycles. The molecule has 120 valence electrons. The maximum atomic E-state index is 13.7. The number of aromatic hydroxyl groups is 1. The van der Waals surface area contributed by atoms with Crippen molar-refractivity contribution in [2.24, 2.45) is 0 Å². The zero-order valence-corrected chi connectivity index (χ0v) is 14.0. The Balaban J connectivity index is 1.79. The Morgan fingerprint density at radius 2 is 1.50 bits per heavy atom. The Morgan fingerprint density at radius 1 is 0.917 bits per heavy atom. The van der Waals surface area contributed by atoms with Crippen LogP contribution in [0.3, 0.4) is 0 Å². The van der Waals surface area contributed by atoms with Crippen molar-refractivity contribution in [3.63, 3.8) is 0 Å². The quantitative estimate of drug-likeness (QED) is 0.649. The molecule has 0 saturated carbocycles. The van der Waals surface area contributed by atoms with Crippen LogP contribution in [0.15, 0.2) is 71.2 Å². The first-order chi connectivity index (χ1) is 11.5. The van der Waals surface area contributed by atoms with Gasteiger partial charge in [-0.15, -0.1) is 0 Å². The summed E-state index contributed by atoms with van der Waals surface area (Å²) in [6.07, 6.45) is 0. The van der Waals surface area contributed by atoms with Gasteiger partial charge >= 0.3 is 0 Å². The van der Waals surface area contributed by atoms with Crippen molar-refractivity contribution in [2.45, 2.75) is 0 Å². The van der Waals surface area contributed by atoms with Crippen LogP contribution in [0.4, 0.5) is 10.1 Å². The maximum Gasteiger partial charge on any atom is 0.255 e. The number of rotatable bonds is 3. The van der Waals surface area contributed by atoms with Gasteiger partial charge in [-0.1, -0.05) is 40.2 Å². The van der Waals surface area contributed by atoms with Crippen molar-refractivity contribution in [1.29, 1.82) is 0 Å². The van der Waals surface area contributed by atoms with Gasteiger partial charge in [0.25, 0.3) is 5.91 Å². The van der Waals surface area contributed by atoms with E-state index >= 15 is 0 Å². The first-order valence-corrected chi connectivity index (χ1v) is 7.98. The summed E-state index contributed by atoms with van der Waals surface area (Å²) in [6.45, 7) is 0. The van der Waals surface area contributed by atoms with Crippen LogP contribution in [-0.4, -0.2) is 11.0 Å². The topological polar surface area (TPSA) is 49.3 Å². The molecule has 0 bridgehead atoms. The number of hydrogen-bond acceptors (Lipinski definition) is 2. The molecular formula is C19H13BrFNO2. The molecule has 0 atom stereocenters. The highest BCUT2D eigenvalue weighted by Crippen LogP contribution is 2.23. The van der Waals surface area contributed by atoms with E-state index in [2.05, 4.69) is 21.2 Å². The van der Waals surface area contributed by atoms with Gasteiger partial charge in [0.15, 0.2) is 0 Å². The summed E-state index contributed by atoms with van der Waals surface area (Å²) in [7, 11) is 0. The molecule has 3 aromatic rings. The molecule has 2 N–H and O–H groups in total. The summed E-state index contributed by atoms with van der Waals surface area (Å²) in [5.74, 6) is -0.678. The molecular weight excluding hydrogens is 373 g/mol. The number of amides is 1. The van der Waals surface area contributed by atoms with E-state index in [9.17, 15) is 14.3 Å². The summed E-state index contributed by atoms with van der Waals surface area (Å²) < 4.78 is 14.4. The average Bonchev–Trinajstić information content (AvgIpc) is 2.59. The third kappa shape index (κ3) is 3.63. The van der Waals surface area contributed by atoms with E-state index in [0.29, 0.717) is 10.0 Å². The van der Waals surface area contributed by atoms with Gasteiger partial charge < -0.3 is 10.4 Å². The Kier molecular flexibility index (Phi) is 4.62. The van der Waals surface area contributed by atoms with Gasteiger partial charge in [0.2, 0.25) is 0 Å². The van der Waals surface area contributed by atoms with Gasteiger partial charge in [-0.25, -0.2) is 4.39 Å². The Hall–Kier alpha value is -2.66. The SMILES string of the molecule is O=C(Nc1cc(Br)ccc1F)c1ccc(-c2ccc(O)cc2)cc1. The van der Waals surface area contributed by atoms with Gasteiger partial charge in [-0.3, -0.25) is 4.79 Å². The molecule has 5 heteroatoms. The molecule has 0 spiro atoms. The molecule has 0 radical (unpaired) electrons. The van der Waals surface area contributed by atoms with Crippen LogP contribution in [0.25, 0.3) is 11.1 Å². The molecule has 1 amide bonds. The smallest absolute Gasteiger partial charge is 0.255 e. The molecule has 0 aliphatic carbocycles. The van der Waals surface area contributed by atoms with Crippen LogP contribution < -0.4 is 5.32 Å². The molecule has 0 aliphatic heterocycles. The van der Waals surface area contributed by atoms with E-state index in [1.807, 2.05) is 0 Å². The van der Waals surface area contributed by atoms with E-state index in [0.717, 1.165) is 11.1 Å². The lowest BCUT2D eigenvalue weighted by Crippen LogP contribution is -2.12. The van der Waals surface area contributed by atoms with Crippen LogP contribution in [-0.2, 0) is 0 Å². The number of nitrogens with one attached hydrogen (secondary N) is 1. The Bertz CT molecular complexity index is 877. The monoisotopic (exact) mass is 385 g/mol. The second-order valence-corrected chi connectivity index (χ2v) is 6.12. The third-order valence-corrected chi connectivity index (χ3v) is 4.02. The van der Waals surface area contributed by atoms with Crippen LogP contribution in [0.5, 0.6) is 5.75 Å². The van der Waals surface area contributed by atoms with Crippen LogP contribution in [0.2, 0.25) is 0 Å². The average molecular weight is 386 g/mol. The number of carbonyl (C=O) groups excluding carboxylic acids is 1. The highest BCUT2D eigenvalue weighted by molar-refractivity contribution is 9.10. The van der Waals surface area contributed by atoms with Gasteiger partial charge in [0, 0.05) is 10.0 Å². The zero-order chi connectivity index (χ0) is 17.1. The molecule has 3 aromatic carbocycles. The molecule has 0 fully saturated rings. The van der Waals surface area contributed by atoms with Crippen molar-refractivity contribution in [2.75, 3.05) is 5.32 Å². The predicted molar refractivity (Wildman–Crippen MR) is 95.6 cm³/mol. The Labute approximate surface area is 146 Å². The van der Waals surface area contributed by atoms with E-state index in [-0.39, 0.29) is 17.3 Å². The molecule has 3 nitrogen and oxygen atoms in total. The number of phenolic OH excluding ortho intramolecular Hbond substituents is 1. The van der Waals surface area contributed by atoms with E-state index in [1.165, 1.54) is 12.1 Å². The lowest BCUT2D eigenvalue weighted by atomic mass is 10.0. The highest BCUT2D eigenvalue weighted by atomic mass is 79.9. The fourth-order valence-electron chi connectivity index (χ4n) is 2.26. The van der Waals surface area contributed by atoms with Gasteiger partial charge in [0.05, 0.1) is 5.69 Å². The maximum absolute atomic E-state index is 13.7. The van der Waals surface area contributed by atoms with Gasteiger partial charge in [-0.2, -0.15) is 0 Å². The lowest BCUT2D eigenvalue weighted by molar-refractivity contribution is 0.102. The summed E-state index contributed by atoms with van der Waals surface area (Å²) in [6, 6.07) is 18.1. The number of carbonyl (C=O) groups is 1. The molecule has 0 aromatic heterocycles. The van der Waals surface area contributed by atoms with Gasteiger partial charge in [-0.05, 0) is 53.6 Å². The fraction of sp³-hybridized carbons (Fsp3) is 0. The first kappa shape index (κ1) is 16.2. The van der Waals surface area contributed by atoms with Crippen LogP contribution in [0.1, 0.15) is 10.4 Å². The summed E-state index contributed by atoms with van der Waals surface area (Å²) in [5, 5.41) is 11.9. The van der Waals surface area contributed by atoms with Crippen molar-refractivity contribution >= 4 is 27.5 Å². The lowest BCUT2D eigenvalue weighted by Gasteiger charge is -2.08. The number of phenols is 1. The first-order valence-electron chi connectivity index (χ1n) is 7.19. The number of halogens is 2. The Morgan fingerprint density at radius 3 is 2.12 bits per heavy atom. The van der Waals surface area contributed by atoms with Crippen molar-refractivity contribution < 1.29 is 14.3 Å². The minimum Gasteiger partial charge on any atom is -0.508 e. The third-order valence-electron chi connectivity index (χ3n) is 3.52. The second kappa shape index (κ2) is 6.84. The summed E-state index contributed by atoms with van der Waals surface area (Å²) in [5.41, 5.74) is 2.40. The molecule has 0 aliphatic rings. The predicted octanol–water partition coefficient (Wildman–Crippen LogP) is 5.21. The summed E-state index contributed by atoms with van der Waals surface area (Å²) >= 11 is 3.25. The second-order valence-electron chi connectivity index (χ2n) is 5.20. The van der Waals surface area contributed by atoms with E-state index in [4.69, 9.17) is 0 Å². The van der Waals surface area contributed by atoms with Gasteiger partial charge in [0.1, 0.15) is 11.6 Å². The number of benzene rings is 3. The largest absolute Gasteiger partial charge is 0.508 e. The van der Waals surface area contributed by atoms with Crippen LogP contribution in [0, 0.1) is 5.82 Å². The molecule has 0 unspecified atom stereocenters. The molecule has 3 rings (SSSR count). The van der Waals surface area contributed by atoms with Crippen molar-refractivity contribution in [1.82, 2.24) is 0 Å². The van der Waals surface area contributed by atoms with Crippen LogP contribution >= 0.6 is 15.9 Å². The summed E-state index contributed by atoms with van der Waals surface area (Å²) in [4.78, 5) is 12.2. The number of hydrogen-bond donors (Lipinski definition) is 2. The van der Waals surface area contributed by atoms with E-state index in [1.54, 1.807) is 54.6 Å². The number of anilines is 1. The standard InChI is InChI=1S/C19H13BrFNO2/c20-15-7-10-17(21)18(11-15)22-19(24)14-3-1-12(2-4-14)13-5-8-16(23)9-6-13/h1-11,23H,(H,22,24). The molecule has 24 heavy (non-hydrogen) atoms. The minimum absolute atomic E-state index is 0.122. The van der Waals surface area contributed by atoms with Crippen molar-refractivity contribution in [3.8, 4) is 16.9 Å².